The Balaban J connectivity index is 0.851. The molecule has 0 spiro atoms. The molecule has 7 N–H and O–H groups in total. The van der Waals surface area contributed by atoms with Crippen molar-refractivity contribution in [2.45, 2.75) is 79.2 Å². The molecule has 7 aromatic rings. The van der Waals surface area contributed by atoms with Crippen LogP contribution in [0.4, 0.5) is 11.9 Å². The Hall–Kier alpha value is -9.81. The maximum Gasteiger partial charge on any atom is 0.276 e. The summed E-state index contributed by atoms with van der Waals surface area (Å²) >= 11 is 0. The van der Waals surface area contributed by atoms with Crippen molar-refractivity contribution in [1.82, 2.24) is 59.5 Å². The fourth-order valence-corrected chi connectivity index (χ4v) is 9.16. The average molecular weight is 1050 g/mol. The first-order valence-corrected chi connectivity index (χ1v) is 24.7. The molecule has 396 valence electrons. The number of carbonyl (C=O) groups excluding carboxylic acids is 9. The number of hydrogen-bond acceptors (Lipinski definition) is 14. The van der Waals surface area contributed by atoms with Gasteiger partial charge in [0.2, 0.25) is 29.6 Å². The zero-order valence-corrected chi connectivity index (χ0v) is 42.3. The number of carbonyl (C=O) groups is 9. The molecule has 0 aliphatic carbocycles. The van der Waals surface area contributed by atoms with Crippen LogP contribution < -0.4 is 37.1 Å². The number of allylic oxidation sites excluding steroid dienone is 2. The van der Waals surface area contributed by atoms with E-state index in [1.165, 1.54) is 18.2 Å². The van der Waals surface area contributed by atoms with Crippen LogP contribution in [0.15, 0.2) is 78.9 Å². The average Bonchev–Trinajstić information content (AvgIpc) is 4.23. The van der Waals surface area contributed by atoms with E-state index in [9.17, 15) is 43.2 Å². The van der Waals surface area contributed by atoms with E-state index in [2.05, 4.69) is 41.8 Å². The zero-order valence-electron chi connectivity index (χ0n) is 42.3. The van der Waals surface area contributed by atoms with Crippen LogP contribution in [0.1, 0.15) is 107 Å². The first-order chi connectivity index (χ1) is 37.0. The normalized spacial score (nSPS) is 14.3. The van der Waals surface area contributed by atoms with Crippen molar-refractivity contribution in [3.63, 3.8) is 0 Å². The third-order valence-corrected chi connectivity index (χ3v) is 12.9. The number of nitrogens with zero attached hydrogens (tertiary/aromatic N) is 9. The van der Waals surface area contributed by atoms with Crippen LogP contribution in [0.25, 0.3) is 22.1 Å². The Bertz CT molecular complexity index is 3620. The zero-order chi connectivity index (χ0) is 54.7. The summed E-state index contributed by atoms with van der Waals surface area (Å²) in [5.74, 6) is -4.76. The molecule has 9 rings (SSSR count). The Labute approximate surface area is 438 Å². The fourth-order valence-electron chi connectivity index (χ4n) is 9.16. The van der Waals surface area contributed by atoms with Crippen molar-refractivity contribution in [3.05, 3.63) is 124 Å². The number of rotatable bonds is 20. The molecule has 77 heavy (non-hydrogen) atoms. The third-order valence-electron chi connectivity index (χ3n) is 12.9. The van der Waals surface area contributed by atoms with Crippen molar-refractivity contribution in [2.24, 2.45) is 5.73 Å². The number of nitrogens with two attached hydrogens (primary N) is 1. The Kier molecular flexibility index (Phi) is 14.8. The van der Waals surface area contributed by atoms with E-state index in [1.807, 2.05) is 26.0 Å². The number of imidazole rings is 2. The lowest BCUT2D eigenvalue weighted by molar-refractivity contribution is -0.136. The van der Waals surface area contributed by atoms with Crippen LogP contribution in [0.3, 0.4) is 0 Å². The number of amides is 9. The molecule has 0 bridgehead atoms. The number of aromatic nitrogens is 8. The molecule has 25 heteroatoms. The number of nitrogens with one attached hydrogen (secondary N) is 5. The maximum absolute atomic E-state index is 13.7. The van der Waals surface area contributed by atoms with E-state index in [4.69, 9.17) is 15.5 Å². The smallest absolute Gasteiger partial charge is 0.276 e. The predicted molar refractivity (Wildman–Crippen MR) is 277 cm³/mol. The molecule has 1 fully saturated rings. The molecule has 0 saturated carbocycles. The van der Waals surface area contributed by atoms with Crippen LogP contribution in [0.5, 0.6) is 5.75 Å². The molecular weight excluding hydrogens is 995 g/mol. The minimum Gasteiger partial charge on any atom is -0.483 e. The van der Waals surface area contributed by atoms with Gasteiger partial charge in [0.1, 0.15) is 23.2 Å². The lowest BCUT2D eigenvalue weighted by Crippen LogP contribution is -2.54. The first kappa shape index (κ1) is 52.1. The topological polar surface area (TPSA) is 324 Å². The highest BCUT2D eigenvalue weighted by Crippen LogP contribution is 2.34. The van der Waals surface area contributed by atoms with Gasteiger partial charge in [-0.3, -0.25) is 73.4 Å². The summed E-state index contributed by atoms with van der Waals surface area (Å²) < 4.78 is 12.4. The van der Waals surface area contributed by atoms with E-state index < -0.39 is 65.8 Å². The summed E-state index contributed by atoms with van der Waals surface area (Å²) in [5, 5.41) is 22.3. The molecule has 2 aliphatic rings. The SMILES string of the molecule is CCn1nc(C)cc1C(=O)Nc1nc2cc(C(N)=O)ccc2n1C/C=C/Cn1c(NC(=O)c2cc(C)nn2CC)nc2cc(C(=O)NCCCNC(=O)COc3cccc4c3C(=O)N(C3CCC(=O)NC3=O)C4=O)ccc21. The van der Waals surface area contributed by atoms with Gasteiger partial charge in [-0.05, 0) is 101 Å². The van der Waals surface area contributed by atoms with Gasteiger partial charge < -0.3 is 30.2 Å². The Morgan fingerprint density at radius 3 is 1.87 bits per heavy atom. The highest BCUT2D eigenvalue weighted by atomic mass is 16.5. The number of primary amides is 1. The largest absolute Gasteiger partial charge is 0.483 e. The predicted octanol–water partition coefficient (Wildman–Crippen LogP) is 3.01. The summed E-state index contributed by atoms with van der Waals surface area (Å²) in [5.41, 5.74) is 10.1. The van der Waals surface area contributed by atoms with Crippen molar-refractivity contribution in [1.29, 1.82) is 0 Å². The van der Waals surface area contributed by atoms with Crippen LogP contribution in [-0.2, 0) is 40.6 Å². The second kappa shape index (κ2) is 22.0. The van der Waals surface area contributed by atoms with Crippen LogP contribution >= 0.6 is 0 Å². The molecule has 9 amide bonds. The molecule has 1 unspecified atom stereocenters. The van der Waals surface area contributed by atoms with Gasteiger partial charge in [0.25, 0.3) is 35.4 Å². The van der Waals surface area contributed by atoms with Gasteiger partial charge in [0.05, 0.1) is 44.6 Å². The van der Waals surface area contributed by atoms with Crippen molar-refractivity contribution in [3.8, 4) is 5.75 Å². The molecule has 3 aromatic carbocycles. The number of fused-ring (bicyclic) bond motifs is 3. The van der Waals surface area contributed by atoms with E-state index >= 15 is 0 Å². The lowest BCUT2D eigenvalue weighted by Gasteiger charge is -2.27. The molecule has 1 saturated heterocycles. The molecule has 2 aliphatic heterocycles. The minimum absolute atomic E-state index is 0.00925. The molecule has 0 radical (unpaired) electrons. The number of imide groups is 2. The summed E-state index contributed by atoms with van der Waals surface area (Å²) in [6, 6.07) is 16.3. The van der Waals surface area contributed by atoms with Crippen molar-refractivity contribution >= 4 is 87.1 Å². The van der Waals surface area contributed by atoms with Crippen LogP contribution in [-0.4, -0.2) is 122 Å². The van der Waals surface area contributed by atoms with Crippen LogP contribution in [0.2, 0.25) is 0 Å². The monoisotopic (exact) mass is 1050 g/mol. The minimum atomic E-state index is -1.16. The molecule has 1 atom stereocenters. The summed E-state index contributed by atoms with van der Waals surface area (Å²) in [6.07, 6.45) is 4.00. The maximum atomic E-state index is 13.7. The van der Waals surface area contributed by atoms with Gasteiger partial charge in [0.15, 0.2) is 6.61 Å². The van der Waals surface area contributed by atoms with Gasteiger partial charge in [-0.2, -0.15) is 10.2 Å². The third kappa shape index (κ3) is 10.8. The van der Waals surface area contributed by atoms with Crippen LogP contribution in [0, 0.1) is 13.8 Å². The highest BCUT2D eigenvalue weighted by molar-refractivity contribution is 6.24. The number of piperidine rings is 1. The second-order valence-corrected chi connectivity index (χ2v) is 18.1. The van der Waals surface area contributed by atoms with Gasteiger partial charge in [-0.1, -0.05) is 18.2 Å². The quantitative estimate of drug-likeness (QED) is 0.0363. The number of aryl methyl sites for hydroxylation is 4. The number of anilines is 2. The van der Waals surface area contributed by atoms with Crippen molar-refractivity contribution in [2.75, 3.05) is 30.3 Å². The highest BCUT2D eigenvalue weighted by Gasteiger charge is 2.46. The lowest BCUT2D eigenvalue weighted by atomic mass is 10.0. The second-order valence-electron chi connectivity index (χ2n) is 18.1. The summed E-state index contributed by atoms with van der Waals surface area (Å²) in [6.45, 7) is 8.50. The van der Waals surface area contributed by atoms with Gasteiger partial charge in [-0.25, -0.2) is 9.97 Å². The van der Waals surface area contributed by atoms with E-state index in [0.717, 1.165) is 4.90 Å². The molecule has 6 heterocycles. The number of benzene rings is 3. The van der Waals surface area contributed by atoms with E-state index in [-0.39, 0.29) is 78.9 Å². The fraction of sp³-hybridized carbons (Fsp3) is 0.288. The number of hydrogen-bond donors (Lipinski definition) is 6. The standard InChI is InChI=1S/C52H53N15O10/c1-5-65-38(23-28(3)61-65)47(73)59-51-56-33-25-30(44(53)70)13-15-35(33)63(51)21-7-8-22-64-36-16-14-31(26-34(36)57-52(64)60-48(74)39-24-29(4)62-66(39)6-2)45(71)55-20-10-19-54-42(69)27-77-40-12-9-11-32-43(40)50(76)67(49(32)75)37-17-18-41(68)58-46(37)72/h7-9,11-16,23-26,37H,5-6,10,17-22,27H2,1-4H3,(H2,53,70)(H,54,69)(H,55,71)(H,56,59,73)(H,57,60,74)(H,58,68,72)/b8-7+. The Morgan fingerprint density at radius 1 is 0.727 bits per heavy atom. The molecule has 4 aromatic heterocycles. The Morgan fingerprint density at radius 2 is 1.30 bits per heavy atom. The van der Waals surface area contributed by atoms with E-state index in [0.29, 0.717) is 64.4 Å². The first-order valence-electron chi connectivity index (χ1n) is 24.7. The summed E-state index contributed by atoms with van der Waals surface area (Å²) in [4.78, 5) is 126. The van der Waals surface area contributed by atoms with Gasteiger partial charge in [-0.15, -0.1) is 0 Å². The van der Waals surface area contributed by atoms with Gasteiger partial charge >= 0.3 is 0 Å². The summed E-state index contributed by atoms with van der Waals surface area (Å²) in [7, 11) is 0. The van der Waals surface area contributed by atoms with Gasteiger partial charge in [0, 0.05) is 56.8 Å². The van der Waals surface area contributed by atoms with E-state index in [1.54, 1.807) is 80.9 Å². The number of ether oxygens (including phenoxy) is 1. The van der Waals surface area contributed by atoms with Crippen molar-refractivity contribution < 1.29 is 47.9 Å². The molecular formula is C52H53N15O10. The molecule has 25 nitrogen and oxygen atoms in total.